The van der Waals surface area contributed by atoms with E-state index >= 15 is 0 Å². The summed E-state index contributed by atoms with van der Waals surface area (Å²) in [6.07, 6.45) is 1.73. The van der Waals surface area contributed by atoms with Crippen molar-refractivity contribution in [2.45, 2.75) is 65.1 Å². The molecule has 1 aliphatic heterocycles. The molecule has 0 unspecified atom stereocenters. The quantitative estimate of drug-likeness (QED) is 0.390. The van der Waals surface area contributed by atoms with E-state index in [1.54, 1.807) is 36.4 Å². The zero-order chi connectivity index (χ0) is 29.0. The molecule has 9 nitrogen and oxygen atoms in total. The SMILES string of the molecule is CC[C@H](C(=O)NC(C)(C)C)N(Cc1ccc(Cl)cc1Cl)C(=O)CCCN(c1ccc2c(c1)OCO2)S(C)(=O)=O. The molecule has 0 aliphatic carbocycles. The molecule has 39 heavy (non-hydrogen) atoms. The third kappa shape index (κ3) is 8.40. The van der Waals surface area contributed by atoms with Gasteiger partial charge in [0.1, 0.15) is 6.04 Å². The van der Waals surface area contributed by atoms with Gasteiger partial charge in [-0.15, -0.1) is 0 Å². The Morgan fingerprint density at radius 2 is 1.77 bits per heavy atom. The number of hydrogen-bond donors (Lipinski definition) is 1. The van der Waals surface area contributed by atoms with Gasteiger partial charge in [0.15, 0.2) is 11.5 Å². The van der Waals surface area contributed by atoms with Gasteiger partial charge < -0.3 is 19.7 Å². The Morgan fingerprint density at radius 1 is 1.08 bits per heavy atom. The molecule has 0 bridgehead atoms. The second-order valence-electron chi connectivity index (χ2n) is 10.4. The third-order valence-corrected chi connectivity index (χ3v) is 7.82. The summed E-state index contributed by atoms with van der Waals surface area (Å²) in [5, 5.41) is 3.80. The first-order chi connectivity index (χ1) is 18.2. The van der Waals surface area contributed by atoms with Crippen LogP contribution in [-0.4, -0.2) is 56.3 Å². The van der Waals surface area contributed by atoms with Crippen molar-refractivity contribution in [2.75, 3.05) is 23.9 Å². The summed E-state index contributed by atoms with van der Waals surface area (Å²) in [7, 11) is -3.65. The molecular weight excluding hydrogens is 565 g/mol. The lowest BCUT2D eigenvalue weighted by atomic mass is 10.0. The Balaban J connectivity index is 1.80. The number of amides is 2. The third-order valence-electron chi connectivity index (χ3n) is 6.04. The first kappa shape index (κ1) is 30.8. The van der Waals surface area contributed by atoms with Gasteiger partial charge >= 0.3 is 0 Å². The highest BCUT2D eigenvalue weighted by atomic mass is 35.5. The van der Waals surface area contributed by atoms with Gasteiger partial charge in [-0.05, 0) is 63.4 Å². The number of halogens is 2. The van der Waals surface area contributed by atoms with Crippen LogP contribution < -0.4 is 19.1 Å². The van der Waals surface area contributed by atoms with E-state index in [-0.39, 0.29) is 44.5 Å². The van der Waals surface area contributed by atoms with Crippen LogP contribution in [0.4, 0.5) is 5.69 Å². The van der Waals surface area contributed by atoms with Gasteiger partial charge in [0.25, 0.3) is 0 Å². The van der Waals surface area contributed by atoms with Crippen molar-refractivity contribution in [3.05, 3.63) is 52.0 Å². The van der Waals surface area contributed by atoms with Crippen LogP contribution in [0, 0.1) is 0 Å². The normalized spacial score (nSPS) is 13.6. The van der Waals surface area contributed by atoms with Gasteiger partial charge in [-0.2, -0.15) is 0 Å². The van der Waals surface area contributed by atoms with Gasteiger partial charge in [-0.1, -0.05) is 36.2 Å². The number of carbonyl (C=O) groups excluding carboxylic acids is 2. The van der Waals surface area contributed by atoms with Gasteiger partial charge in [0, 0.05) is 41.2 Å². The molecule has 1 heterocycles. The molecule has 0 saturated heterocycles. The predicted molar refractivity (Wildman–Crippen MR) is 153 cm³/mol. The van der Waals surface area contributed by atoms with E-state index in [2.05, 4.69) is 5.32 Å². The topological polar surface area (TPSA) is 105 Å². The standard InChI is InChI=1S/C27H35Cl2N3O6S/c1-6-22(26(34)30-27(2,3)4)31(16-18-9-10-19(28)14-21(18)29)25(33)8-7-13-32(39(5,35)36)20-11-12-23-24(15-20)38-17-37-23/h9-12,14-15,22H,6-8,13,16-17H2,1-5H3,(H,30,34)/t22-/m1/s1. The zero-order valence-corrected chi connectivity index (χ0v) is 25.1. The number of anilines is 1. The van der Waals surface area contributed by atoms with Crippen LogP contribution in [-0.2, 0) is 26.2 Å². The van der Waals surface area contributed by atoms with Crippen molar-refractivity contribution in [1.29, 1.82) is 0 Å². The molecule has 0 fully saturated rings. The van der Waals surface area contributed by atoms with Crippen LogP contribution in [0.25, 0.3) is 0 Å². The average Bonchev–Trinajstić information content (AvgIpc) is 3.29. The fourth-order valence-corrected chi connectivity index (χ4v) is 5.68. The number of rotatable bonds is 11. The van der Waals surface area contributed by atoms with Crippen LogP contribution in [0.5, 0.6) is 11.5 Å². The minimum absolute atomic E-state index is 0.0150. The Kier molecular flexibility index (Phi) is 10.0. The second kappa shape index (κ2) is 12.7. The Hall–Kier alpha value is -2.69. The van der Waals surface area contributed by atoms with Crippen molar-refractivity contribution in [2.24, 2.45) is 0 Å². The predicted octanol–water partition coefficient (Wildman–Crippen LogP) is 4.99. The zero-order valence-electron chi connectivity index (χ0n) is 22.8. The number of nitrogens with one attached hydrogen (secondary N) is 1. The molecule has 2 amide bonds. The van der Waals surface area contributed by atoms with E-state index in [1.165, 1.54) is 9.21 Å². The number of benzene rings is 2. The van der Waals surface area contributed by atoms with Crippen LogP contribution >= 0.6 is 23.2 Å². The summed E-state index contributed by atoms with van der Waals surface area (Å²) in [5.74, 6) is 0.425. The Morgan fingerprint density at radius 3 is 2.38 bits per heavy atom. The van der Waals surface area contributed by atoms with E-state index in [1.807, 2.05) is 27.7 Å². The fraction of sp³-hybridized carbons (Fsp3) is 0.481. The summed E-state index contributed by atoms with van der Waals surface area (Å²) in [6, 6.07) is 9.13. The lowest BCUT2D eigenvalue weighted by Crippen LogP contribution is -2.53. The maximum Gasteiger partial charge on any atom is 0.243 e. The first-order valence-electron chi connectivity index (χ1n) is 12.6. The molecule has 0 radical (unpaired) electrons. The molecule has 0 spiro atoms. The van der Waals surface area contributed by atoms with Crippen LogP contribution in [0.2, 0.25) is 10.0 Å². The summed E-state index contributed by atoms with van der Waals surface area (Å²) in [5.41, 5.74) is 0.571. The molecule has 214 valence electrons. The number of fused-ring (bicyclic) bond motifs is 1. The minimum Gasteiger partial charge on any atom is -0.454 e. The van der Waals surface area contributed by atoms with E-state index < -0.39 is 21.6 Å². The maximum atomic E-state index is 13.6. The monoisotopic (exact) mass is 599 g/mol. The molecule has 12 heteroatoms. The number of sulfonamides is 1. The fourth-order valence-electron chi connectivity index (χ4n) is 4.25. The average molecular weight is 601 g/mol. The molecule has 1 aliphatic rings. The second-order valence-corrected chi connectivity index (χ2v) is 13.1. The summed E-state index contributed by atoms with van der Waals surface area (Å²) in [4.78, 5) is 28.3. The molecular formula is C27H35Cl2N3O6S. The van der Waals surface area contributed by atoms with Gasteiger partial charge in [0.2, 0.25) is 28.6 Å². The molecule has 2 aromatic rings. The number of hydrogen-bond acceptors (Lipinski definition) is 6. The number of ether oxygens (including phenoxy) is 2. The molecule has 3 rings (SSSR count). The van der Waals surface area contributed by atoms with Crippen molar-refractivity contribution in [1.82, 2.24) is 10.2 Å². The van der Waals surface area contributed by atoms with E-state index in [0.717, 1.165) is 6.26 Å². The highest BCUT2D eigenvalue weighted by Gasteiger charge is 2.31. The van der Waals surface area contributed by atoms with E-state index in [0.29, 0.717) is 39.2 Å². The largest absolute Gasteiger partial charge is 0.454 e. The van der Waals surface area contributed by atoms with Crippen LogP contribution in [0.15, 0.2) is 36.4 Å². The summed E-state index contributed by atoms with van der Waals surface area (Å²) in [6.45, 7) is 7.68. The first-order valence-corrected chi connectivity index (χ1v) is 15.2. The summed E-state index contributed by atoms with van der Waals surface area (Å²) >= 11 is 12.4. The van der Waals surface area contributed by atoms with Crippen LogP contribution in [0.3, 0.4) is 0 Å². The number of nitrogens with zero attached hydrogens (tertiary/aromatic N) is 2. The van der Waals surface area contributed by atoms with Crippen molar-refractivity contribution < 1.29 is 27.5 Å². The summed E-state index contributed by atoms with van der Waals surface area (Å²) < 4.78 is 37.1. The molecule has 1 atom stereocenters. The van der Waals surface area contributed by atoms with Gasteiger partial charge in [-0.3, -0.25) is 13.9 Å². The van der Waals surface area contributed by atoms with Gasteiger partial charge in [0.05, 0.1) is 11.9 Å². The van der Waals surface area contributed by atoms with Gasteiger partial charge in [-0.25, -0.2) is 8.42 Å². The lowest BCUT2D eigenvalue weighted by molar-refractivity contribution is -0.142. The smallest absolute Gasteiger partial charge is 0.243 e. The van der Waals surface area contributed by atoms with Crippen LogP contribution in [0.1, 0.15) is 52.5 Å². The highest BCUT2D eigenvalue weighted by molar-refractivity contribution is 7.92. The highest BCUT2D eigenvalue weighted by Crippen LogP contribution is 2.36. The van der Waals surface area contributed by atoms with Crippen molar-refractivity contribution >= 4 is 50.7 Å². The van der Waals surface area contributed by atoms with E-state index in [4.69, 9.17) is 32.7 Å². The molecule has 2 aromatic carbocycles. The van der Waals surface area contributed by atoms with Crippen molar-refractivity contribution in [3.63, 3.8) is 0 Å². The maximum absolute atomic E-state index is 13.6. The number of carbonyl (C=O) groups is 2. The molecule has 0 aromatic heterocycles. The lowest BCUT2D eigenvalue weighted by Gasteiger charge is -2.33. The van der Waals surface area contributed by atoms with E-state index in [9.17, 15) is 18.0 Å². The molecule has 1 N–H and O–H groups in total. The Labute approximate surface area is 240 Å². The molecule has 0 saturated carbocycles. The van der Waals surface area contributed by atoms with Crippen molar-refractivity contribution in [3.8, 4) is 11.5 Å². The Bertz CT molecular complexity index is 1310. The minimum atomic E-state index is -3.65.